The van der Waals surface area contributed by atoms with Crippen molar-refractivity contribution in [2.75, 3.05) is 5.32 Å². The Morgan fingerprint density at radius 3 is 2.50 bits per heavy atom. The first-order valence-corrected chi connectivity index (χ1v) is 7.39. The van der Waals surface area contributed by atoms with Crippen molar-refractivity contribution in [3.63, 3.8) is 0 Å². The Morgan fingerprint density at radius 1 is 1.25 bits per heavy atom. The molecule has 4 nitrogen and oxygen atoms in total. The molecule has 0 saturated heterocycles. The minimum absolute atomic E-state index is 0.0201. The third-order valence-corrected chi connectivity index (χ3v) is 3.85. The third-order valence-electron chi connectivity index (χ3n) is 2.90. The molecule has 0 spiro atoms. The second-order valence-corrected chi connectivity index (χ2v) is 6.02. The van der Waals surface area contributed by atoms with E-state index in [1.807, 2.05) is 31.2 Å². The van der Waals surface area contributed by atoms with Gasteiger partial charge in [-0.05, 0) is 59.3 Å². The first kappa shape index (κ1) is 15.1. The van der Waals surface area contributed by atoms with Crippen molar-refractivity contribution in [1.29, 1.82) is 0 Å². The van der Waals surface area contributed by atoms with Crippen molar-refractivity contribution in [3.8, 4) is 0 Å². The van der Waals surface area contributed by atoms with Crippen LogP contribution < -0.4 is 5.32 Å². The Morgan fingerprint density at radius 2 is 1.90 bits per heavy atom. The Bertz CT molecular complexity index is 632. The molecule has 0 aromatic heterocycles. The van der Waals surface area contributed by atoms with Gasteiger partial charge in [-0.1, -0.05) is 23.7 Å². The van der Waals surface area contributed by atoms with Crippen LogP contribution in [-0.4, -0.2) is 4.92 Å². The predicted octanol–water partition coefficient (Wildman–Crippen LogP) is 5.03. The highest BCUT2D eigenvalue weighted by atomic mass is 127. The number of nitro groups is 1. The topological polar surface area (TPSA) is 55.2 Å². The van der Waals surface area contributed by atoms with Crippen LogP contribution >= 0.6 is 34.2 Å². The summed E-state index contributed by atoms with van der Waals surface area (Å²) >= 11 is 8.14. The van der Waals surface area contributed by atoms with Crippen molar-refractivity contribution in [1.82, 2.24) is 0 Å². The van der Waals surface area contributed by atoms with Gasteiger partial charge in [-0.25, -0.2) is 0 Å². The molecule has 0 saturated carbocycles. The summed E-state index contributed by atoms with van der Waals surface area (Å²) in [6.45, 7) is 1.95. The maximum atomic E-state index is 11.0. The standard InChI is InChI=1S/C14H12ClIN2O2/c1-9(10-2-5-12(16)6-3-10)17-13-8-11(15)4-7-14(13)18(19)20/h2-9,17H,1H3. The molecule has 0 bridgehead atoms. The van der Waals surface area contributed by atoms with Gasteiger partial charge in [0.25, 0.3) is 5.69 Å². The zero-order valence-corrected chi connectivity index (χ0v) is 13.6. The molecule has 0 aliphatic rings. The molecule has 0 aliphatic carbocycles. The highest BCUT2D eigenvalue weighted by Gasteiger charge is 2.16. The van der Waals surface area contributed by atoms with Gasteiger partial charge >= 0.3 is 0 Å². The van der Waals surface area contributed by atoms with E-state index in [0.29, 0.717) is 10.7 Å². The summed E-state index contributed by atoms with van der Waals surface area (Å²) in [6, 6.07) is 12.4. The summed E-state index contributed by atoms with van der Waals surface area (Å²) in [4.78, 5) is 10.6. The van der Waals surface area contributed by atoms with Crippen molar-refractivity contribution in [2.24, 2.45) is 0 Å². The van der Waals surface area contributed by atoms with Crippen LogP contribution in [0.15, 0.2) is 42.5 Å². The molecule has 2 aromatic rings. The molecule has 2 aromatic carbocycles. The van der Waals surface area contributed by atoms with Gasteiger partial charge in [-0.15, -0.1) is 0 Å². The molecule has 0 heterocycles. The largest absolute Gasteiger partial charge is 0.373 e. The van der Waals surface area contributed by atoms with Gasteiger partial charge in [0, 0.05) is 20.7 Å². The molecule has 20 heavy (non-hydrogen) atoms. The Kier molecular flexibility index (Phi) is 4.82. The Hall–Kier alpha value is -1.34. The average molecular weight is 403 g/mol. The fourth-order valence-corrected chi connectivity index (χ4v) is 2.38. The Balaban J connectivity index is 2.27. The number of rotatable bonds is 4. The molecule has 1 atom stereocenters. The summed E-state index contributed by atoms with van der Waals surface area (Å²) in [6.07, 6.45) is 0. The lowest BCUT2D eigenvalue weighted by atomic mass is 10.1. The fourth-order valence-electron chi connectivity index (χ4n) is 1.85. The van der Waals surface area contributed by atoms with Crippen molar-refractivity contribution < 1.29 is 4.92 Å². The van der Waals surface area contributed by atoms with E-state index in [4.69, 9.17) is 11.6 Å². The van der Waals surface area contributed by atoms with Crippen molar-refractivity contribution >= 4 is 45.6 Å². The second-order valence-electron chi connectivity index (χ2n) is 4.34. The zero-order valence-electron chi connectivity index (χ0n) is 10.6. The average Bonchev–Trinajstić information content (AvgIpc) is 2.39. The number of anilines is 1. The molecular weight excluding hydrogens is 391 g/mol. The second kappa shape index (κ2) is 6.41. The van der Waals surface area contributed by atoms with Crippen LogP contribution in [0.1, 0.15) is 18.5 Å². The predicted molar refractivity (Wildman–Crippen MR) is 89.3 cm³/mol. The molecule has 6 heteroatoms. The number of nitrogens with one attached hydrogen (secondary N) is 1. The maximum Gasteiger partial charge on any atom is 0.292 e. The van der Waals surface area contributed by atoms with Crippen LogP contribution in [0.5, 0.6) is 0 Å². The van der Waals surface area contributed by atoms with Crippen LogP contribution in [0.4, 0.5) is 11.4 Å². The van der Waals surface area contributed by atoms with E-state index in [2.05, 4.69) is 27.9 Å². The molecule has 104 valence electrons. The molecule has 1 unspecified atom stereocenters. The van der Waals surface area contributed by atoms with Gasteiger partial charge in [0.2, 0.25) is 0 Å². The normalized spacial score (nSPS) is 11.9. The van der Waals surface area contributed by atoms with Crippen molar-refractivity contribution in [2.45, 2.75) is 13.0 Å². The molecule has 0 amide bonds. The summed E-state index contributed by atoms with van der Waals surface area (Å²) < 4.78 is 1.15. The van der Waals surface area contributed by atoms with Gasteiger partial charge in [0.1, 0.15) is 5.69 Å². The Labute approximate surface area is 135 Å². The highest BCUT2D eigenvalue weighted by molar-refractivity contribution is 14.1. The van der Waals surface area contributed by atoms with Gasteiger partial charge in [-0.3, -0.25) is 10.1 Å². The smallest absolute Gasteiger partial charge is 0.292 e. The highest BCUT2D eigenvalue weighted by Crippen LogP contribution is 2.30. The molecular formula is C14H12ClIN2O2. The van der Waals surface area contributed by atoms with E-state index in [1.165, 1.54) is 12.1 Å². The number of hydrogen-bond acceptors (Lipinski definition) is 3. The number of nitro benzene ring substituents is 1. The van der Waals surface area contributed by atoms with Gasteiger partial charge < -0.3 is 5.32 Å². The first-order chi connectivity index (χ1) is 9.47. The fraction of sp³-hybridized carbons (Fsp3) is 0.143. The maximum absolute atomic E-state index is 11.0. The van der Waals surface area contributed by atoms with Gasteiger partial charge in [0.15, 0.2) is 0 Å². The minimum atomic E-state index is -0.417. The van der Waals surface area contributed by atoms with E-state index < -0.39 is 4.92 Å². The third kappa shape index (κ3) is 3.61. The van der Waals surface area contributed by atoms with Crippen LogP contribution in [0.25, 0.3) is 0 Å². The minimum Gasteiger partial charge on any atom is -0.373 e. The lowest BCUT2D eigenvalue weighted by Crippen LogP contribution is -2.08. The van der Waals surface area contributed by atoms with E-state index in [0.717, 1.165) is 9.13 Å². The number of benzene rings is 2. The zero-order chi connectivity index (χ0) is 14.7. The summed E-state index contributed by atoms with van der Waals surface area (Å²) in [5, 5.41) is 14.6. The summed E-state index contributed by atoms with van der Waals surface area (Å²) in [5.74, 6) is 0. The first-order valence-electron chi connectivity index (χ1n) is 5.93. The van der Waals surface area contributed by atoms with Crippen LogP contribution in [0.3, 0.4) is 0 Å². The lowest BCUT2D eigenvalue weighted by molar-refractivity contribution is -0.384. The van der Waals surface area contributed by atoms with Crippen LogP contribution in [0, 0.1) is 13.7 Å². The van der Waals surface area contributed by atoms with Crippen LogP contribution in [0.2, 0.25) is 5.02 Å². The molecule has 2 rings (SSSR count). The van der Waals surface area contributed by atoms with E-state index >= 15 is 0 Å². The quantitative estimate of drug-likeness (QED) is 0.443. The van der Waals surface area contributed by atoms with E-state index in [-0.39, 0.29) is 11.7 Å². The number of hydrogen-bond donors (Lipinski definition) is 1. The van der Waals surface area contributed by atoms with Crippen molar-refractivity contribution in [3.05, 3.63) is 66.7 Å². The summed E-state index contributed by atoms with van der Waals surface area (Å²) in [5.41, 5.74) is 1.50. The molecule has 0 radical (unpaired) electrons. The molecule has 1 N–H and O–H groups in total. The monoisotopic (exact) mass is 402 g/mol. The SMILES string of the molecule is CC(Nc1cc(Cl)ccc1[N+](=O)[O-])c1ccc(I)cc1. The van der Waals surface area contributed by atoms with Gasteiger partial charge in [-0.2, -0.15) is 0 Å². The number of halogens is 2. The van der Waals surface area contributed by atoms with Crippen LogP contribution in [-0.2, 0) is 0 Å². The number of nitrogens with zero attached hydrogens (tertiary/aromatic N) is 1. The molecule has 0 fully saturated rings. The van der Waals surface area contributed by atoms with E-state index in [9.17, 15) is 10.1 Å². The van der Waals surface area contributed by atoms with E-state index in [1.54, 1.807) is 6.07 Å². The molecule has 0 aliphatic heterocycles. The van der Waals surface area contributed by atoms with Gasteiger partial charge in [0.05, 0.1) is 4.92 Å². The summed E-state index contributed by atoms with van der Waals surface area (Å²) in [7, 11) is 0. The lowest BCUT2D eigenvalue weighted by Gasteiger charge is -2.16.